The Morgan fingerprint density at radius 2 is 1.29 bits per heavy atom. The summed E-state index contributed by atoms with van der Waals surface area (Å²) in [5.74, 6) is -0.0707. The van der Waals surface area contributed by atoms with Crippen molar-refractivity contribution in [3.63, 3.8) is 0 Å². The van der Waals surface area contributed by atoms with Crippen molar-refractivity contribution in [1.29, 1.82) is 0 Å². The zero-order valence-corrected chi connectivity index (χ0v) is 9.66. The van der Waals surface area contributed by atoms with Crippen molar-refractivity contribution in [2.75, 3.05) is 0 Å². The van der Waals surface area contributed by atoms with Crippen LogP contribution >= 0.6 is 0 Å². The molecule has 2 atom stereocenters. The molecule has 0 aromatic heterocycles. The standard InChI is InChI=1S/C16H16O/c1-2-15(13-9-5-3-6-10-13)16(17)14-11-7-4-8-12-14/h2-12,15-17H,1H2/t15?,16-/m0/s1. The van der Waals surface area contributed by atoms with Crippen LogP contribution in [-0.2, 0) is 0 Å². The first-order chi connectivity index (χ1) is 8.33. The van der Waals surface area contributed by atoms with E-state index in [-0.39, 0.29) is 5.92 Å². The molecule has 0 aliphatic heterocycles. The van der Waals surface area contributed by atoms with E-state index in [0.717, 1.165) is 11.1 Å². The third-order valence-electron chi connectivity index (χ3n) is 2.92. The number of aliphatic hydroxyl groups excluding tert-OH is 1. The van der Waals surface area contributed by atoms with Crippen molar-refractivity contribution in [3.8, 4) is 0 Å². The van der Waals surface area contributed by atoms with Crippen LogP contribution in [0.1, 0.15) is 23.1 Å². The minimum atomic E-state index is -0.545. The van der Waals surface area contributed by atoms with Crippen molar-refractivity contribution >= 4 is 0 Å². The molecule has 86 valence electrons. The first-order valence-corrected chi connectivity index (χ1v) is 5.73. The van der Waals surface area contributed by atoms with Crippen molar-refractivity contribution in [1.82, 2.24) is 0 Å². The van der Waals surface area contributed by atoms with Crippen LogP contribution in [0.5, 0.6) is 0 Å². The molecular weight excluding hydrogens is 208 g/mol. The molecular formula is C16H16O. The molecule has 1 N–H and O–H groups in total. The summed E-state index contributed by atoms with van der Waals surface area (Å²) in [6, 6.07) is 19.6. The Morgan fingerprint density at radius 1 is 0.824 bits per heavy atom. The van der Waals surface area contributed by atoms with Gasteiger partial charge < -0.3 is 5.11 Å². The molecule has 0 radical (unpaired) electrons. The van der Waals surface area contributed by atoms with E-state index in [1.54, 1.807) is 6.08 Å². The molecule has 0 saturated carbocycles. The van der Waals surface area contributed by atoms with Gasteiger partial charge in [0.25, 0.3) is 0 Å². The normalized spacial score (nSPS) is 13.9. The van der Waals surface area contributed by atoms with Gasteiger partial charge in [0.1, 0.15) is 0 Å². The van der Waals surface area contributed by atoms with Gasteiger partial charge >= 0.3 is 0 Å². The van der Waals surface area contributed by atoms with Gasteiger partial charge in [0.05, 0.1) is 6.10 Å². The Balaban J connectivity index is 2.28. The number of hydrogen-bond donors (Lipinski definition) is 1. The van der Waals surface area contributed by atoms with Crippen LogP contribution in [0.4, 0.5) is 0 Å². The zero-order chi connectivity index (χ0) is 12.1. The highest BCUT2D eigenvalue weighted by molar-refractivity contribution is 5.29. The van der Waals surface area contributed by atoms with E-state index in [1.165, 1.54) is 0 Å². The number of rotatable bonds is 4. The minimum Gasteiger partial charge on any atom is -0.387 e. The van der Waals surface area contributed by atoms with Gasteiger partial charge in [-0.15, -0.1) is 6.58 Å². The Hall–Kier alpha value is -1.86. The summed E-state index contributed by atoms with van der Waals surface area (Å²) in [4.78, 5) is 0. The Kier molecular flexibility index (Phi) is 3.73. The van der Waals surface area contributed by atoms with Gasteiger partial charge in [0, 0.05) is 5.92 Å². The highest BCUT2D eigenvalue weighted by atomic mass is 16.3. The molecule has 0 saturated heterocycles. The summed E-state index contributed by atoms with van der Waals surface area (Å²) in [6.07, 6.45) is 1.25. The van der Waals surface area contributed by atoms with Crippen LogP contribution in [0.25, 0.3) is 0 Å². The fourth-order valence-electron chi connectivity index (χ4n) is 1.98. The van der Waals surface area contributed by atoms with Crippen LogP contribution in [-0.4, -0.2) is 5.11 Å². The lowest BCUT2D eigenvalue weighted by molar-refractivity contribution is 0.162. The zero-order valence-electron chi connectivity index (χ0n) is 9.66. The van der Waals surface area contributed by atoms with Gasteiger partial charge in [-0.25, -0.2) is 0 Å². The summed E-state index contributed by atoms with van der Waals surface area (Å²) in [5, 5.41) is 10.4. The van der Waals surface area contributed by atoms with Gasteiger partial charge in [0.15, 0.2) is 0 Å². The Bertz CT molecular complexity index is 461. The molecule has 1 unspecified atom stereocenters. The maximum absolute atomic E-state index is 10.4. The third-order valence-corrected chi connectivity index (χ3v) is 2.92. The van der Waals surface area contributed by atoms with Crippen LogP contribution in [0, 0.1) is 0 Å². The van der Waals surface area contributed by atoms with E-state index in [0.29, 0.717) is 0 Å². The van der Waals surface area contributed by atoms with Gasteiger partial charge in [0.2, 0.25) is 0 Å². The fourth-order valence-corrected chi connectivity index (χ4v) is 1.98. The molecule has 0 heterocycles. The molecule has 0 fully saturated rings. The van der Waals surface area contributed by atoms with E-state index in [2.05, 4.69) is 6.58 Å². The molecule has 17 heavy (non-hydrogen) atoms. The molecule has 1 heteroatoms. The molecule has 0 amide bonds. The Morgan fingerprint density at radius 3 is 1.76 bits per heavy atom. The first-order valence-electron chi connectivity index (χ1n) is 5.73. The predicted octanol–water partition coefficient (Wildman–Crippen LogP) is 3.69. The first kappa shape index (κ1) is 11.6. The average Bonchev–Trinajstić information content (AvgIpc) is 2.42. The van der Waals surface area contributed by atoms with Crippen molar-refractivity contribution in [2.45, 2.75) is 12.0 Å². The molecule has 2 aromatic rings. The predicted molar refractivity (Wildman–Crippen MR) is 70.8 cm³/mol. The van der Waals surface area contributed by atoms with Gasteiger partial charge in [-0.2, -0.15) is 0 Å². The third kappa shape index (κ3) is 2.63. The van der Waals surface area contributed by atoms with Crippen molar-refractivity contribution < 1.29 is 5.11 Å². The number of aliphatic hydroxyl groups is 1. The average molecular weight is 224 g/mol. The maximum atomic E-state index is 10.4. The van der Waals surface area contributed by atoms with E-state index >= 15 is 0 Å². The minimum absolute atomic E-state index is 0.0707. The van der Waals surface area contributed by atoms with E-state index in [9.17, 15) is 5.11 Å². The molecule has 2 aromatic carbocycles. The number of hydrogen-bond acceptors (Lipinski definition) is 1. The molecule has 0 bridgehead atoms. The smallest absolute Gasteiger partial charge is 0.0893 e. The lowest BCUT2D eigenvalue weighted by Gasteiger charge is -2.20. The highest BCUT2D eigenvalue weighted by Crippen LogP contribution is 2.31. The van der Waals surface area contributed by atoms with Gasteiger partial charge in [-0.1, -0.05) is 66.7 Å². The van der Waals surface area contributed by atoms with Crippen LogP contribution in [0.15, 0.2) is 73.3 Å². The topological polar surface area (TPSA) is 20.2 Å². The summed E-state index contributed by atoms with van der Waals surface area (Å²) in [5.41, 5.74) is 2.00. The van der Waals surface area contributed by atoms with Gasteiger partial charge in [-0.05, 0) is 11.1 Å². The highest BCUT2D eigenvalue weighted by Gasteiger charge is 2.19. The second-order valence-corrected chi connectivity index (χ2v) is 4.03. The van der Waals surface area contributed by atoms with E-state index < -0.39 is 6.10 Å². The summed E-state index contributed by atoms with van der Waals surface area (Å²) < 4.78 is 0. The van der Waals surface area contributed by atoms with Crippen LogP contribution in [0.3, 0.4) is 0 Å². The van der Waals surface area contributed by atoms with Crippen LogP contribution in [0.2, 0.25) is 0 Å². The largest absolute Gasteiger partial charge is 0.387 e. The van der Waals surface area contributed by atoms with Gasteiger partial charge in [-0.3, -0.25) is 0 Å². The molecule has 1 nitrogen and oxygen atoms in total. The van der Waals surface area contributed by atoms with E-state index in [1.807, 2.05) is 60.7 Å². The quantitative estimate of drug-likeness (QED) is 0.785. The molecule has 0 aliphatic rings. The van der Waals surface area contributed by atoms with E-state index in [4.69, 9.17) is 0 Å². The lowest BCUT2D eigenvalue weighted by atomic mass is 9.89. The number of benzene rings is 2. The summed E-state index contributed by atoms with van der Waals surface area (Å²) in [7, 11) is 0. The second kappa shape index (κ2) is 5.46. The lowest BCUT2D eigenvalue weighted by Crippen LogP contribution is -2.08. The second-order valence-electron chi connectivity index (χ2n) is 4.03. The van der Waals surface area contributed by atoms with Crippen LogP contribution < -0.4 is 0 Å². The fraction of sp³-hybridized carbons (Fsp3) is 0.125. The molecule has 0 spiro atoms. The Labute approximate surface area is 102 Å². The summed E-state index contributed by atoms with van der Waals surface area (Å²) in [6.45, 7) is 3.82. The van der Waals surface area contributed by atoms with Crippen molar-refractivity contribution in [3.05, 3.63) is 84.4 Å². The van der Waals surface area contributed by atoms with Crippen molar-refractivity contribution in [2.24, 2.45) is 0 Å². The molecule has 0 aliphatic carbocycles. The molecule has 2 rings (SSSR count). The SMILES string of the molecule is C=CC(c1ccccc1)[C@@H](O)c1ccccc1. The monoisotopic (exact) mass is 224 g/mol. The maximum Gasteiger partial charge on any atom is 0.0893 e. The summed E-state index contributed by atoms with van der Waals surface area (Å²) >= 11 is 0.